The maximum atomic E-state index is 6.03. The van der Waals surface area contributed by atoms with Crippen LogP contribution in [0.25, 0.3) is 0 Å². The fraction of sp³-hybridized carbons (Fsp3) is 0.727. The Balaban J connectivity index is 2.47. The summed E-state index contributed by atoms with van der Waals surface area (Å²) in [5, 5.41) is 1.14. The second-order valence-corrected chi connectivity index (χ2v) is 5.28. The highest BCUT2D eigenvalue weighted by Crippen LogP contribution is 2.18. The van der Waals surface area contributed by atoms with Crippen molar-refractivity contribution in [2.24, 2.45) is 5.73 Å². The highest BCUT2D eigenvalue weighted by Gasteiger charge is 2.12. The lowest BCUT2D eigenvalue weighted by molar-refractivity contribution is 0.104. The molecule has 4 heteroatoms. The third kappa shape index (κ3) is 3.89. The van der Waals surface area contributed by atoms with Crippen LogP contribution in [0.5, 0.6) is 0 Å². The lowest BCUT2D eigenvalue weighted by atomic mass is 10.1. The van der Waals surface area contributed by atoms with Crippen LogP contribution >= 0.6 is 11.3 Å². The summed E-state index contributed by atoms with van der Waals surface area (Å²) in [6, 6.07) is 0.143. The molecule has 0 fully saturated rings. The average molecular weight is 228 g/mol. The number of hydrogen-bond acceptors (Lipinski definition) is 4. The van der Waals surface area contributed by atoms with E-state index >= 15 is 0 Å². The maximum Gasteiger partial charge on any atom is 0.0946 e. The lowest BCUT2D eigenvalue weighted by Gasteiger charge is -2.14. The van der Waals surface area contributed by atoms with E-state index in [1.54, 1.807) is 18.4 Å². The van der Waals surface area contributed by atoms with Crippen molar-refractivity contribution in [3.8, 4) is 0 Å². The smallest absolute Gasteiger partial charge is 0.0946 e. The molecule has 0 aliphatic heterocycles. The number of aryl methyl sites for hydroxylation is 2. The zero-order valence-corrected chi connectivity index (χ0v) is 10.7. The van der Waals surface area contributed by atoms with Crippen molar-refractivity contribution in [2.45, 2.75) is 45.8 Å². The van der Waals surface area contributed by atoms with Gasteiger partial charge < -0.3 is 10.5 Å². The van der Waals surface area contributed by atoms with Gasteiger partial charge in [0.15, 0.2) is 0 Å². The monoisotopic (exact) mass is 228 g/mol. The molecule has 2 N–H and O–H groups in total. The van der Waals surface area contributed by atoms with Crippen LogP contribution in [0.4, 0.5) is 0 Å². The van der Waals surface area contributed by atoms with Gasteiger partial charge in [-0.15, -0.1) is 11.3 Å². The van der Waals surface area contributed by atoms with Crippen LogP contribution in [0.2, 0.25) is 0 Å². The standard InChI is InChI=1S/C11H20N2OS/c1-7(14-4)5-10(12)6-11-13-8(2)9(3)15-11/h7,10H,5-6,12H2,1-4H3. The van der Waals surface area contributed by atoms with Gasteiger partial charge in [-0.05, 0) is 27.2 Å². The summed E-state index contributed by atoms with van der Waals surface area (Å²) >= 11 is 1.75. The van der Waals surface area contributed by atoms with Crippen molar-refractivity contribution in [1.29, 1.82) is 0 Å². The molecule has 0 saturated heterocycles. The van der Waals surface area contributed by atoms with Gasteiger partial charge in [-0.25, -0.2) is 4.98 Å². The molecule has 2 atom stereocenters. The molecule has 2 unspecified atom stereocenters. The van der Waals surface area contributed by atoms with Crippen molar-refractivity contribution < 1.29 is 4.74 Å². The van der Waals surface area contributed by atoms with Crippen LogP contribution in [0.15, 0.2) is 0 Å². The topological polar surface area (TPSA) is 48.1 Å². The molecule has 15 heavy (non-hydrogen) atoms. The SMILES string of the molecule is COC(C)CC(N)Cc1nc(C)c(C)s1. The Bertz CT molecular complexity index is 292. The minimum atomic E-state index is 0.143. The molecule has 0 spiro atoms. The normalized spacial score (nSPS) is 15.3. The molecule has 1 rings (SSSR count). The highest BCUT2D eigenvalue weighted by atomic mass is 32.1. The van der Waals surface area contributed by atoms with E-state index in [2.05, 4.69) is 11.9 Å². The lowest BCUT2D eigenvalue weighted by Crippen LogP contribution is -2.27. The van der Waals surface area contributed by atoms with Crippen LogP contribution in [0.3, 0.4) is 0 Å². The Hall–Kier alpha value is -0.450. The number of rotatable bonds is 5. The number of nitrogens with zero attached hydrogens (tertiary/aromatic N) is 1. The minimum absolute atomic E-state index is 0.143. The Morgan fingerprint density at radius 2 is 2.13 bits per heavy atom. The van der Waals surface area contributed by atoms with Gasteiger partial charge in [-0.3, -0.25) is 0 Å². The van der Waals surface area contributed by atoms with E-state index in [1.807, 2.05) is 13.8 Å². The van der Waals surface area contributed by atoms with E-state index in [4.69, 9.17) is 10.5 Å². The number of ether oxygens (including phenoxy) is 1. The fourth-order valence-corrected chi connectivity index (χ4v) is 2.48. The van der Waals surface area contributed by atoms with Gasteiger partial charge in [0, 0.05) is 24.4 Å². The van der Waals surface area contributed by atoms with Crippen LogP contribution < -0.4 is 5.73 Å². The minimum Gasteiger partial charge on any atom is -0.382 e. The second kappa shape index (κ2) is 5.58. The van der Waals surface area contributed by atoms with Crippen molar-refractivity contribution in [1.82, 2.24) is 4.98 Å². The van der Waals surface area contributed by atoms with Crippen LogP contribution in [0, 0.1) is 13.8 Å². The quantitative estimate of drug-likeness (QED) is 0.839. The van der Waals surface area contributed by atoms with Gasteiger partial charge >= 0.3 is 0 Å². The zero-order valence-electron chi connectivity index (χ0n) is 9.91. The fourth-order valence-electron chi connectivity index (χ4n) is 1.46. The third-order valence-corrected chi connectivity index (χ3v) is 3.64. The molecule has 0 saturated carbocycles. The molecule has 0 bridgehead atoms. The Labute approximate surface area is 95.7 Å². The molecule has 3 nitrogen and oxygen atoms in total. The summed E-state index contributed by atoms with van der Waals surface area (Å²) < 4.78 is 5.19. The van der Waals surface area contributed by atoms with E-state index in [0.29, 0.717) is 0 Å². The van der Waals surface area contributed by atoms with E-state index in [0.717, 1.165) is 23.5 Å². The summed E-state index contributed by atoms with van der Waals surface area (Å²) in [6.45, 7) is 6.18. The summed E-state index contributed by atoms with van der Waals surface area (Å²) in [5.74, 6) is 0. The van der Waals surface area contributed by atoms with Crippen molar-refractivity contribution in [3.05, 3.63) is 15.6 Å². The number of aromatic nitrogens is 1. The summed E-state index contributed by atoms with van der Waals surface area (Å²) in [4.78, 5) is 5.77. The first-order valence-corrected chi connectivity index (χ1v) is 6.05. The first-order valence-electron chi connectivity index (χ1n) is 5.24. The molecule has 0 amide bonds. The predicted octanol–water partition coefficient (Wildman–Crippen LogP) is 2.05. The van der Waals surface area contributed by atoms with Crippen LogP contribution in [0.1, 0.15) is 28.9 Å². The van der Waals surface area contributed by atoms with Gasteiger partial charge in [0.05, 0.1) is 16.8 Å². The van der Waals surface area contributed by atoms with Gasteiger partial charge in [0.2, 0.25) is 0 Å². The van der Waals surface area contributed by atoms with Gasteiger partial charge in [-0.2, -0.15) is 0 Å². The largest absolute Gasteiger partial charge is 0.382 e. The van der Waals surface area contributed by atoms with Crippen LogP contribution in [-0.4, -0.2) is 24.2 Å². The highest BCUT2D eigenvalue weighted by molar-refractivity contribution is 7.11. The maximum absolute atomic E-state index is 6.03. The molecular formula is C11H20N2OS. The van der Waals surface area contributed by atoms with Gasteiger partial charge in [0.25, 0.3) is 0 Å². The second-order valence-electron chi connectivity index (χ2n) is 4.00. The molecule has 1 aromatic heterocycles. The molecule has 0 aliphatic carbocycles. The summed E-state index contributed by atoms with van der Waals surface area (Å²) in [6.07, 6.45) is 1.96. The summed E-state index contributed by atoms with van der Waals surface area (Å²) in [5.41, 5.74) is 7.16. The average Bonchev–Trinajstić information content (AvgIpc) is 2.45. The van der Waals surface area contributed by atoms with Gasteiger partial charge in [0.1, 0.15) is 0 Å². The number of nitrogens with two attached hydrogens (primary N) is 1. The van der Waals surface area contributed by atoms with Crippen molar-refractivity contribution in [2.75, 3.05) is 7.11 Å². The Kier molecular flexibility index (Phi) is 4.70. The Morgan fingerprint density at radius 3 is 2.60 bits per heavy atom. The molecule has 1 aromatic rings. The number of methoxy groups -OCH3 is 1. The molecule has 0 aliphatic rings. The zero-order chi connectivity index (χ0) is 11.4. The van der Waals surface area contributed by atoms with E-state index in [9.17, 15) is 0 Å². The number of hydrogen-bond donors (Lipinski definition) is 1. The molecule has 0 radical (unpaired) electrons. The molecule has 0 aromatic carbocycles. The molecule has 86 valence electrons. The van der Waals surface area contributed by atoms with Crippen LogP contribution in [-0.2, 0) is 11.2 Å². The third-order valence-electron chi connectivity index (χ3n) is 2.55. The van der Waals surface area contributed by atoms with Crippen molar-refractivity contribution in [3.63, 3.8) is 0 Å². The van der Waals surface area contributed by atoms with E-state index in [-0.39, 0.29) is 12.1 Å². The van der Waals surface area contributed by atoms with Crippen molar-refractivity contribution >= 4 is 11.3 Å². The van der Waals surface area contributed by atoms with E-state index in [1.165, 1.54) is 4.88 Å². The predicted molar refractivity (Wildman–Crippen MR) is 64.4 cm³/mol. The van der Waals surface area contributed by atoms with E-state index < -0.39 is 0 Å². The first-order chi connectivity index (χ1) is 7.02. The Morgan fingerprint density at radius 1 is 1.47 bits per heavy atom. The molecule has 1 heterocycles. The van der Waals surface area contributed by atoms with Gasteiger partial charge in [-0.1, -0.05) is 0 Å². The molecular weight excluding hydrogens is 208 g/mol. The number of thiazole rings is 1. The first kappa shape index (κ1) is 12.6. The summed E-state index contributed by atoms with van der Waals surface area (Å²) in [7, 11) is 1.72.